The van der Waals surface area contributed by atoms with Crippen LogP contribution in [0.2, 0.25) is 0 Å². The molecule has 0 unspecified atom stereocenters. The smallest absolute Gasteiger partial charge is 0.275 e. The molecule has 1 fully saturated rings. The molecular formula is C20H23FN8O2S. The summed E-state index contributed by atoms with van der Waals surface area (Å²) < 4.78 is 16.5. The first-order valence-corrected chi connectivity index (χ1v) is 10.8. The van der Waals surface area contributed by atoms with Crippen LogP contribution in [0.4, 0.5) is 21.5 Å². The van der Waals surface area contributed by atoms with Crippen LogP contribution in [-0.4, -0.2) is 52.3 Å². The summed E-state index contributed by atoms with van der Waals surface area (Å²) >= 11 is 1.26. The van der Waals surface area contributed by atoms with Crippen LogP contribution in [0.15, 0.2) is 36.0 Å². The van der Waals surface area contributed by atoms with E-state index in [1.165, 1.54) is 23.5 Å². The van der Waals surface area contributed by atoms with Crippen LogP contribution in [0, 0.1) is 5.82 Å². The van der Waals surface area contributed by atoms with Crippen molar-refractivity contribution < 1.29 is 14.0 Å². The third-order valence-electron chi connectivity index (χ3n) is 5.64. The summed E-state index contributed by atoms with van der Waals surface area (Å²) in [6, 6.07) is 4.46. The second-order valence-corrected chi connectivity index (χ2v) is 8.34. The Bertz CT molecular complexity index is 1140. The summed E-state index contributed by atoms with van der Waals surface area (Å²) in [7, 11) is 1.68. The molecule has 0 bridgehead atoms. The Labute approximate surface area is 187 Å². The Balaban J connectivity index is 1.57. The molecule has 0 atom stereocenters. The summed E-state index contributed by atoms with van der Waals surface area (Å²) in [6.45, 7) is 0.737. The molecule has 0 saturated carbocycles. The fourth-order valence-electron chi connectivity index (χ4n) is 3.81. The van der Waals surface area contributed by atoms with E-state index in [9.17, 15) is 14.0 Å². The predicted octanol–water partition coefficient (Wildman–Crippen LogP) is 1.35. The van der Waals surface area contributed by atoms with Crippen molar-refractivity contribution in [2.45, 2.75) is 18.4 Å². The van der Waals surface area contributed by atoms with E-state index in [0.717, 1.165) is 0 Å². The zero-order valence-corrected chi connectivity index (χ0v) is 18.2. The molecule has 3 heterocycles. The van der Waals surface area contributed by atoms with E-state index >= 15 is 0 Å². The molecule has 4 rings (SSSR count). The highest BCUT2D eigenvalue weighted by Gasteiger charge is 2.39. The standard InChI is InChI=1S/C20H23FN8O2S/c1-24-20(18(23)31)3-7-28(8-4-20)16-13(21)9-12(22)10-14(16)26-17(30)15-11-32-19(27-15)29-6-2-5-25-29/h2,5-6,9-11,24H,3-4,7-8,22H2,1H3,(H2,23,31)(H,26,30). The number of nitrogens with two attached hydrogens (primary N) is 2. The molecule has 1 aliphatic rings. The van der Waals surface area contributed by atoms with Crippen molar-refractivity contribution in [1.29, 1.82) is 0 Å². The maximum Gasteiger partial charge on any atom is 0.275 e. The van der Waals surface area contributed by atoms with Gasteiger partial charge in [0.15, 0.2) is 5.82 Å². The summed E-state index contributed by atoms with van der Waals surface area (Å²) in [6.07, 6.45) is 4.13. The maximum atomic E-state index is 15.0. The van der Waals surface area contributed by atoms with Gasteiger partial charge in [0.2, 0.25) is 11.0 Å². The largest absolute Gasteiger partial charge is 0.399 e. The average molecular weight is 459 g/mol. The van der Waals surface area contributed by atoms with E-state index < -0.39 is 23.2 Å². The second kappa shape index (κ2) is 8.55. The monoisotopic (exact) mass is 458 g/mol. The highest BCUT2D eigenvalue weighted by Crippen LogP contribution is 2.35. The van der Waals surface area contributed by atoms with E-state index in [1.54, 1.807) is 40.5 Å². The summed E-state index contributed by atoms with van der Waals surface area (Å²) in [5.41, 5.74) is 11.4. The zero-order valence-electron chi connectivity index (χ0n) is 17.3. The molecule has 2 amide bonds. The van der Waals surface area contributed by atoms with Gasteiger partial charge >= 0.3 is 0 Å². The minimum absolute atomic E-state index is 0.177. The molecule has 3 aromatic rings. The van der Waals surface area contributed by atoms with Crippen LogP contribution in [0.1, 0.15) is 23.3 Å². The fraction of sp³-hybridized carbons (Fsp3) is 0.300. The van der Waals surface area contributed by atoms with Crippen molar-refractivity contribution in [3.8, 4) is 5.13 Å². The lowest BCUT2D eigenvalue weighted by atomic mass is 9.86. The number of likely N-dealkylation sites (N-methyl/N-ethyl adjacent to an activating group) is 1. The van der Waals surface area contributed by atoms with Crippen LogP contribution >= 0.6 is 11.3 Å². The molecule has 168 valence electrons. The third kappa shape index (κ3) is 4.01. The third-order valence-corrected chi connectivity index (χ3v) is 6.47. The van der Waals surface area contributed by atoms with Crippen molar-refractivity contribution >= 4 is 40.2 Å². The number of anilines is 3. The van der Waals surface area contributed by atoms with Crippen LogP contribution in [-0.2, 0) is 4.79 Å². The van der Waals surface area contributed by atoms with Gasteiger partial charge in [-0.05, 0) is 38.1 Å². The first kappa shape index (κ1) is 21.7. The van der Waals surface area contributed by atoms with E-state index in [-0.39, 0.29) is 22.8 Å². The number of carbonyl (C=O) groups is 2. The number of carbonyl (C=O) groups excluding carboxylic acids is 2. The van der Waals surface area contributed by atoms with Gasteiger partial charge in [-0.2, -0.15) is 5.10 Å². The number of amides is 2. The van der Waals surface area contributed by atoms with Crippen LogP contribution in [0.3, 0.4) is 0 Å². The maximum absolute atomic E-state index is 15.0. The number of thiazole rings is 1. The van der Waals surface area contributed by atoms with Crippen molar-refractivity contribution in [2.24, 2.45) is 5.73 Å². The number of nitrogen functional groups attached to an aromatic ring is 1. The van der Waals surface area contributed by atoms with E-state index in [2.05, 4.69) is 20.7 Å². The number of aromatic nitrogens is 3. The molecule has 0 radical (unpaired) electrons. The number of hydrogen-bond donors (Lipinski definition) is 4. The van der Waals surface area contributed by atoms with Gasteiger partial charge in [-0.1, -0.05) is 0 Å². The minimum atomic E-state index is -0.840. The lowest BCUT2D eigenvalue weighted by molar-refractivity contribution is -0.125. The van der Waals surface area contributed by atoms with Gasteiger partial charge in [0.1, 0.15) is 11.2 Å². The second-order valence-electron chi connectivity index (χ2n) is 7.50. The highest BCUT2D eigenvalue weighted by molar-refractivity contribution is 7.12. The molecule has 1 aromatic carbocycles. The van der Waals surface area contributed by atoms with E-state index in [0.29, 0.717) is 31.1 Å². The van der Waals surface area contributed by atoms with Gasteiger partial charge in [-0.25, -0.2) is 14.1 Å². The lowest BCUT2D eigenvalue weighted by Gasteiger charge is -2.41. The quantitative estimate of drug-likeness (QED) is 0.408. The first-order valence-electron chi connectivity index (χ1n) is 9.92. The molecule has 32 heavy (non-hydrogen) atoms. The number of nitrogens with zero attached hydrogens (tertiary/aromatic N) is 4. The number of piperidine rings is 1. The number of nitrogens with one attached hydrogen (secondary N) is 2. The molecule has 12 heteroatoms. The minimum Gasteiger partial charge on any atom is -0.399 e. The molecule has 2 aromatic heterocycles. The fourth-order valence-corrected chi connectivity index (χ4v) is 4.55. The van der Waals surface area contributed by atoms with Crippen LogP contribution in [0.25, 0.3) is 5.13 Å². The zero-order chi connectivity index (χ0) is 22.9. The molecule has 1 saturated heterocycles. The van der Waals surface area contributed by atoms with E-state index in [1.807, 2.05) is 0 Å². The Kier molecular flexibility index (Phi) is 5.80. The van der Waals surface area contributed by atoms with Gasteiger partial charge in [0.05, 0.1) is 11.4 Å². The van der Waals surface area contributed by atoms with Crippen molar-refractivity contribution in [2.75, 3.05) is 36.1 Å². The summed E-state index contributed by atoms with van der Waals surface area (Å²) in [4.78, 5) is 30.8. The normalized spacial score (nSPS) is 15.5. The molecule has 0 spiro atoms. The first-order chi connectivity index (χ1) is 15.3. The Morgan fingerprint density at radius 3 is 2.66 bits per heavy atom. The van der Waals surface area contributed by atoms with Crippen molar-refractivity contribution in [1.82, 2.24) is 20.1 Å². The SMILES string of the molecule is CNC1(C(N)=O)CCN(c2c(F)cc(N)cc2NC(=O)c2csc(-n3cccn3)n2)CC1. The molecule has 10 nitrogen and oxygen atoms in total. The van der Waals surface area contributed by atoms with Gasteiger partial charge in [-0.3, -0.25) is 9.59 Å². The van der Waals surface area contributed by atoms with Crippen LogP contribution in [0.5, 0.6) is 0 Å². The Morgan fingerprint density at radius 1 is 1.28 bits per heavy atom. The van der Waals surface area contributed by atoms with Gasteiger partial charge < -0.3 is 27.0 Å². The molecular weight excluding hydrogens is 435 g/mol. The summed E-state index contributed by atoms with van der Waals surface area (Å²) in [5.74, 6) is -1.50. The molecule has 1 aliphatic heterocycles. The predicted molar refractivity (Wildman–Crippen MR) is 120 cm³/mol. The number of primary amides is 1. The number of rotatable bonds is 6. The molecule has 6 N–H and O–H groups in total. The Morgan fingerprint density at radius 2 is 2.03 bits per heavy atom. The topological polar surface area (TPSA) is 144 Å². The average Bonchev–Trinajstić information content (AvgIpc) is 3.45. The number of halogens is 1. The van der Waals surface area contributed by atoms with Gasteiger partial charge in [0, 0.05) is 36.6 Å². The summed E-state index contributed by atoms with van der Waals surface area (Å²) in [5, 5.41) is 12.0. The van der Waals surface area contributed by atoms with Gasteiger partial charge in [0.25, 0.3) is 5.91 Å². The van der Waals surface area contributed by atoms with Crippen LogP contribution < -0.4 is 27.0 Å². The van der Waals surface area contributed by atoms with Crippen molar-refractivity contribution in [3.05, 3.63) is 47.5 Å². The van der Waals surface area contributed by atoms with Gasteiger partial charge in [-0.15, -0.1) is 11.3 Å². The van der Waals surface area contributed by atoms with E-state index in [4.69, 9.17) is 11.5 Å². The number of benzene rings is 1. The Hall–Kier alpha value is -3.51. The van der Waals surface area contributed by atoms with Crippen molar-refractivity contribution in [3.63, 3.8) is 0 Å². The number of hydrogen-bond acceptors (Lipinski definition) is 8. The lowest BCUT2D eigenvalue weighted by Crippen LogP contribution is -2.59. The highest BCUT2D eigenvalue weighted by atomic mass is 32.1. The molecule has 0 aliphatic carbocycles.